The molecule has 2 aromatic carbocycles. The number of aromatic nitrogens is 1. The lowest BCUT2D eigenvalue weighted by molar-refractivity contribution is -0.112. The Balaban J connectivity index is 2.05. The van der Waals surface area contributed by atoms with E-state index < -0.39 is 23.5 Å². The van der Waals surface area contributed by atoms with Crippen LogP contribution < -0.4 is 5.32 Å². The standard InChI is InChI=1S/C24H23FN2O4/c1-5-31-24(30)19-15(4)26-21(20(19)16-6-8-17(25)9-7-16)22(28)23(29)27-18-11-13(2)10-14(3)12-18/h6-12,26H,5H2,1-4H3,(H,27,29). The van der Waals surface area contributed by atoms with Crippen LogP contribution in [0.1, 0.15) is 44.6 Å². The molecular formula is C24H23FN2O4. The van der Waals surface area contributed by atoms with Crippen molar-refractivity contribution >= 4 is 23.3 Å². The molecule has 0 atom stereocenters. The number of carbonyl (C=O) groups is 3. The number of ketones is 1. The molecule has 31 heavy (non-hydrogen) atoms. The number of hydrogen-bond donors (Lipinski definition) is 2. The van der Waals surface area contributed by atoms with E-state index in [1.807, 2.05) is 19.9 Å². The van der Waals surface area contributed by atoms with Gasteiger partial charge >= 0.3 is 5.97 Å². The predicted molar refractivity (Wildman–Crippen MR) is 116 cm³/mol. The van der Waals surface area contributed by atoms with E-state index in [-0.39, 0.29) is 23.4 Å². The van der Waals surface area contributed by atoms with Crippen LogP contribution in [-0.4, -0.2) is 29.3 Å². The molecule has 1 heterocycles. The summed E-state index contributed by atoms with van der Waals surface area (Å²) in [7, 11) is 0. The summed E-state index contributed by atoms with van der Waals surface area (Å²) >= 11 is 0. The molecule has 0 radical (unpaired) electrons. The summed E-state index contributed by atoms with van der Waals surface area (Å²) in [5.74, 6) is -2.80. The Bertz CT molecular complexity index is 1140. The minimum Gasteiger partial charge on any atom is -0.462 e. The van der Waals surface area contributed by atoms with E-state index in [4.69, 9.17) is 4.74 Å². The monoisotopic (exact) mass is 422 g/mol. The van der Waals surface area contributed by atoms with Crippen LogP contribution in [0.5, 0.6) is 0 Å². The van der Waals surface area contributed by atoms with Crippen molar-refractivity contribution in [2.75, 3.05) is 11.9 Å². The third kappa shape index (κ3) is 4.71. The van der Waals surface area contributed by atoms with E-state index in [9.17, 15) is 18.8 Å². The van der Waals surface area contributed by atoms with Gasteiger partial charge in [-0.05, 0) is 68.7 Å². The van der Waals surface area contributed by atoms with E-state index in [0.29, 0.717) is 16.9 Å². The molecule has 6 nitrogen and oxygen atoms in total. The van der Waals surface area contributed by atoms with Crippen molar-refractivity contribution in [2.24, 2.45) is 0 Å². The largest absolute Gasteiger partial charge is 0.462 e. The van der Waals surface area contributed by atoms with Gasteiger partial charge in [-0.2, -0.15) is 0 Å². The average molecular weight is 422 g/mol. The van der Waals surface area contributed by atoms with Crippen molar-refractivity contribution < 1.29 is 23.5 Å². The molecule has 0 unspecified atom stereocenters. The number of aryl methyl sites for hydroxylation is 3. The number of anilines is 1. The van der Waals surface area contributed by atoms with Crippen molar-refractivity contribution in [3.05, 3.63) is 76.4 Å². The summed E-state index contributed by atoms with van der Waals surface area (Å²) in [5, 5.41) is 2.61. The molecule has 0 aliphatic carbocycles. The smallest absolute Gasteiger partial charge is 0.340 e. The van der Waals surface area contributed by atoms with E-state index in [1.54, 1.807) is 26.0 Å². The predicted octanol–water partition coefficient (Wildman–Crippen LogP) is 4.74. The lowest BCUT2D eigenvalue weighted by Gasteiger charge is -2.09. The fourth-order valence-electron chi connectivity index (χ4n) is 3.51. The minimum absolute atomic E-state index is 0.0611. The molecule has 0 spiro atoms. The number of hydrogen-bond acceptors (Lipinski definition) is 4. The maximum absolute atomic E-state index is 13.5. The van der Waals surface area contributed by atoms with Gasteiger partial charge in [-0.25, -0.2) is 9.18 Å². The number of nitrogens with one attached hydrogen (secondary N) is 2. The highest BCUT2D eigenvalue weighted by molar-refractivity contribution is 6.47. The van der Waals surface area contributed by atoms with Gasteiger partial charge in [0.25, 0.3) is 11.7 Å². The van der Waals surface area contributed by atoms with Gasteiger partial charge in [-0.1, -0.05) is 18.2 Å². The summed E-state index contributed by atoms with van der Waals surface area (Å²) in [6.45, 7) is 7.19. The molecule has 2 N–H and O–H groups in total. The molecule has 0 fully saturated rings. The van der Waals surface area contributed by atoms with Gasteiger partial charge in [0.2, 0.25) is 0 Å². The van der Waals surface area contributed by atoms with E-state index >= 15 is 0 Å². The van der Waals surface area contributed by atoms with Gasteiger partial charge in [0, 0.05) is 16.9 Å². The van der Waals surface area contributed by atoms with Crippen LogP contribution in [0.25, 0.3) is 11.1 Å². The number of benzene rings is 2. The van der Waals surface area contributed by atoms with Gasteiger partial charge in [-0.15, -0.1) is 0 Å². The first-order valence-corrected chi connectivity index (χ1v) is 9.80. The number of carbonyl (C=O) groups excluding carboxylic acids is 3. The van der Waals surface area contributed by atoms with Crippen LogP contribution in [0.2, 0.25) is 0 Å². The maximum Gasteiger partial charge on any atom is 0.340 e. The number of amides is 1. The topological polar surface area (TPSA) is 88.3 Å². The molecule has 0 aliphatic heterocycles. The zero-order chi connectivity index (χ0) is 22.7. The van der Waals surface area contributed by atoms with Gasteiger partial charge in [-0.3, -0.25) is 9.59 Å². The van der Waals surface area contributed by atoms with Gasteiger partial charge in [0.1, 0.15) is 11.5 Å². The number of ether oxygens (including phenoxy) is 1. The summed E-state index contributed by atoms with van der Waals surface area (Å²) < 4.78 is 18.6. The molecule has 3 rings (SSSR count). The zero-order valence-electron chi connectivity index (χ0n) is 17.8. The Morgan fingerprint density at radius 2 is 1.61 bits per heavy atom. The average Bonchev–Trinajstić information content (AvgIpc) is 3.04. The number of H-pyrrole nitrogens is 1. The Kier molecular flexibility index (Phi) is 6.34. The van der Waals surface area contributed by atoms with Crippen LogP contribution >= 0.6 is 0 Å². The lowest BCUT2D eigenvalue weighted by atomic mass is 9.98. The second kappa shape index (κ2) is 8.95. The van der Waals surface area contributed by atoms with Crippen LogP contribution in [0.4, 0.5) is 10.1 Å². The van der Waals surface area contributed by atoms with Crippen LogP contribution in [0, 0.1) is 26.6 Å². The Morgan fingerprint density at radius 3 is 2.19 bits per heavy atom. The normalized spacial score (nSPS) is 10.6. The van der Waals surface area contributed by atoms with Crippen LogP contribution in [0.3, 0.4) is 0 Å². The second-order valence-electron chi connectivity index (χ2n) is 7.26. The highest BCUT2D eigenvalue weighted by Gasteiger charge is 2.30. The van der Waals surface area contributed by atoms with Crippen molar-refractivity contribution in [1.29, 1.82) is 0 Å². The molecule has 1 aromatic heterocycles. The first-order valence-electron chi connectivity index (χ1n) is 9.80. The van der Waals surface area contributed by atoms with Crippen molar-refractivity contribution in [2.45, 2.75) is 27.7 Å². The third-order valence-electron chi connectivity index (χ3n) is 4.71. The number of rotatable bonds is 6. The fourth-order valence-corrected chi connectivity index (χ4v) is 3.51. The molecule has 0 saturated carbocycles. The molecule has 1 amide bonds. The highest BCUT2D eigenvalue weighted by atomic mass is 19.1. The van der Waals surface area contributed by atoms with Crippen LogP contribution in [0.15, 0.2) is 42.5 Å². The molecule has 7 heteroatoms. The summed E-state index contributed by atoms with van der Waals surface area (Å²) in [5.41, 5.74) is 3.44. The van der Waals surface area contributed by atoms with Gasteiger partial charge < -0.3 is 15.0 Å². The summed E-state index contributed by atoms with van der Waals surface area (Å²) in [4.78, 5) is 41.2. The van der Waals surface area contributed by atoms with E-state index in [0.717, 1.165) is 11.1 Å². The number of esters is 1. The van der Waals surface area contributed by atoms with Crippen molar-refractivity contribution in [1.82, 2.24) is 4.98 Å². The van der Waals surface area contributed by atoms with Gasteiger partial charge in [0.05, 0.1) is 12.2 Å². The fraction of sp³-hybridized carbons (Fsp3) is 0.208. The molecule has 0 aliphatic rings. The molecule has 0 saturated heterocycles. The SMILES string of the molecule is CCOC(=O)c1c(C)[nH]c(C(=O)C(=O)Nc2cc(C)cc(C)c2)c1-c1ccc(F)cc1. The third-order valence-corrected chi connectivity index (χ3v) is 4.71. The molecule has 160 valence electrons. The maximum atomic E-state index is 13.5. The van der Waals surface area contributed by atoms with Gasteiger partial charge in [0.15, 0.2) is 0 Å². The summed E-state index contributed by atoms with van der Waals surface area (Å²) in [6, 6.07) is 10.8. The van der Waals surface area contributed by atoms with Crippen molar-refractivity contribution in [3.63, 3.8) is 0 Å². The van der Waals surface area contributed by atoms with E-state index in [2.05, 4.69) is 10.3 Å². The summed E-state index contributed by atoms with van der Waals surface area (Å²) in [6.07, 6.45) is 0. The number of Topliss-reactive ketones (excluding diaryl/α,β-unsaturated/α-hetero) is 1. The molecule has 3 aromatic rings. The number of halogens is 1. The van der Waals surface area contributed by atoms with Crippen LogP contribution in [-0.2, 0) is 9.53 Å². The molecule has 0 bridgehead atoms. The Labute approximate surface area is 179 Å². The van der Waals surface area contributed by atoms with Crippen molar-refractivity contribution in [3.8, 4) is 11.1 Å². The molecular weight excluding hydrogens is 399 g/mol. The zero-order valence-corrected chi connectivity index (χ0v) is 17.8. The Hall–Kier alpha value is -3.74. The number of aromatic amines is 1. The first-order chi connectivity index (χ1) is 14.7. The van der Waals surface area contributed by atoms with E-state index in [1.165, 1.54) is 24.3 Å². The highest BCUT2D eigenvalue weighted by Crippen LogP contribution is 2.32. The second-order valence-corrected chi connectivity index (χ2v) is 7.26. The first kappa shape index (κ1) is 22.0. The quantitative estimate of drug-likeness (QED) is 0.341. The Morgan fingerprint density at radius 1 is 1.00 bits per heavy atom. The lowest BCUT2D eigenvalue weighted by Crippen LogP contribution is -2.24. The minimum atomic E-state index is -0.856.